The number of ether oxygens (including phenoxy) is 1. The van der Waals surface area contributed by atoms with E-state index in [1.807, 2.05) is 47.5 Å². The number of hydrogen-bond donors (Lipinski definition) is 1. The molecule has 3 aliphatic rings. The van der Waals surface area contributed by atoms with E-state index in [4.69, 9.17) is 4.74 Å². The predicted molar refractivity (Wildman–Crippen MR) is 195 cm³/mol. The number of amides is 2. The Morgan fingerprint density at radius 1 is 0.961 bits per heavy atom. The van der Waals surface area contributed by atoms with E-state index in [1.54, 1.807) is 35.2 Å². The van der Waals surface area contributed by atoms with Crippen molar-refractivity contribution in [2.75, 3.05) is 57.8 Å². The van der Waals surface area contributed by atoms with Gasteiger partial charge in [-0.2, -0.15) is 0 Å². The minimum atomic E-state index is -0.452. The second-order valence-electron chi connectivity index (χ2n) is 13.2. The van der Waals surface area contributed by atoms with Crippen molar-refractivity contribution >= 4 is 40.2 Å². The predicted octanol–water partition coefficient (Wildman–Crippen LogP) is 5.22. The maximum absolute atomic E-state index is 16.7. The van der Waals surface area contributed by atoms with Crippen LogP contribution in [-0.4, -0.2) is 101 Å². The zero-order valence-corrected chi connectivity index (χ0v) is 28.5. The summed E-state index contributed by atoms with van der Waals surface area (Å²) in [6, 6.07) is 17.7. The van der Waals surface area contributed by atoms with Gasteiger partial charge in [0.1, 0.15) is 11.4 Å². The van der Waals surface area contributed by atoms with Crippen LogP contribution in [0.3, 0.4) is 0 Å². The molecule has 3 aromatic carbocycles. The lowest BCUT2D eigenvalue weighted by Crippen LogP contribution is -2.48. The molecule has 3 aliphatic heterocycles. The smallest absolute Gasteiger partial charge is 0.270 e. The highest BCUT2D eigenvalue weighted by Crippen LogP contribution is 2.40. The van der Waals surface area contributed by atoms with Gasteiger partial charge in [-0.25, -0.2) is 4.39 Å². The fourth-order valence-electron chi connectivity index (χ4n) is 7.38. The van der Waals surface area contributed by atoms with Crippen LogP contribution in [0, 0.1) is 5.82 Å². The summed E-state index contributed by atoms with van der Waals surface area (Å²) >= 11 is 0. The molecule has 8 rings (SSSR count). The third kappa shape index (κ3) is 6.37. The first-order valence-corrected chi connectivity index (χ1v) is 17.4. The Morgan fingerprint density at radius 2 is 1.82 bits per heavy atom. The number of benzene rings is 3. The first-order chi connectivity index (χ1) is 25.0. The number of methoxy groups -OCH3 is 1. The van der Waals surface area contributed by atoms with Crippen molar-refractivity contribution in [1.29, 1.82) is 0 Å². The van der Waals surface area contributed by atoms with Gasteiger partial charge in [0, 0.05) is 86.8 Å². The van der Waals surface area contributed by atoms with Crippen LogP contribution < -0.4 is 9.64 Å². The summed E-state index contributed by atoms with van der Waals surface area (Å²) < 4.78 is 24.1. The number of H-pyrrole nitrogens is 1. The normalized spacial score (nSPS) is 16.0. The molecule has 12 heteroatoms. The van der Waals surface area contributed by atoms with Gasteiger partial charge in [-0.05, 0) is 65.4 Å². The van der Waals surface area contributed by atoms with E-state index in [-0.39, 0.29) is 30.3 Å². The fourth-order valence-corrected chi connectivity index (χ4v) is 7.38. The molecule has 0 unspecified atom stereocenters. The van der Waals surface area contributed by atoms with E-state index in [2.05, 4.69) is 43.4 Å². The van der Waals surface area contributed by atoms with E-state index in [0.29, 0.717) is 68.1 Å². The van der Waals surface area contributed by atoms with Crippen molar-refractivity contribution in [3.8, 4) is 16.9 Å². The van der Waals surface area contributed by atoms with Gasteiger partial charge in [0.25, 0.3) is 5.91 Å². The maximum Gasteiger partial charge on any atom is 0.270 e. The molecule has 5 aromatic rings. The van der Waals surface area contributed by atoms with Gasteiger partial charge in [-0.3, -0.25) is 19.3 Å². The highest BCUT2D eigenvalue weighted by Gasteiger charge is 2.28. The quantitative estimate of drug-likeness (QED) is 0.240. The Labute approximate surface area is 295 Å². The lowest BCUT2D eigenvalue weighted by Gasteiger charge is -2.36. The molecule has 2 aromatic heterocycles. The van der Waals surface area contributed by atoms with E-state index < -0.39 is 5.82 Å². The van der Waals surface area contributed by atoms with Gasteiger partial charge in [0.15, 0.2) is 5.82 Å². The molecule has 5 heterocycles. The lowest BCUT2D eigenvalue weighted by molar-refractivity contribution is -0.131. The molecular weight excluding hydrogens is 647 g/mol. The molecule has 11 nitrogen and oxygen atoms in total. The SMILES string of the molecule is COc1ccccc1-c1cc(C2=CCCN(C(=O)CCn3ccnn3)C2)c(F)c2[nH]c(C(=O)N3CCN(c4ccc5c(c4)C=NCC5)CC3)cc12. The molecule has 1 N–H and O–H groups in total. The van der Waals surface area contributed by atoms with E-state index in [9.17, 15) is 9.59 Å². The summed E-state index contributed by atoms with van der Waals surface area (Å²) in [5, 5.41) is 8.35. The molecule has 0 saturated carbocycles. The summed E-state index contributed by atoms with van der Waals surface area (Å²) in [6.07, 6.45) is 9.08. The van der Waals surface area contributed by atoms with Crippen molar-refractivity contribution in [1.82, 2.24) is 29.8 Å². The molecule has 0 spiro atoms. The number of carbonyl (C=O) groups excluding carboxylic acids is 2. The Hall–Kier alpha value is -5.78. The van der Waals surface area contributed by atoms with Crippen molar-refractivity contribution in [3.63, 3.8) is 0 Å². The molecule has 2 amide bonds. The van der Waals surface area contributed by atoms with Gasteiger partial charge >= 0.3 is 0 Å². The lowest BCUT2D eigenvalue weighted by atomic mass is 9.93. The topological polar surface area (TPSA) is 112 Å². The average molecular weight is 687 g/mol. The van der Waals surface area contributed by atoms with Crippen LogP contribution in [0.1, 0.15) is 40.0 Å². The minimum Gasteiger partial charge on any atom is -0.496 e. The summed E-state index contributed by atoms with van der Waals surface area (Å²) in [6.45, 7) is 4.54. The Kier molecular flexibility index (Phi) is 8.81. The molecule has 260 valence electrons. The van der Waals surface area contributed by atoms with Crippen molar-refractivity contribution < 1.29 is 18.7 Å². The number of carbonyl (C=O) groups is 2. The largest absolute Gasteiger partial charge is 0.496 e. The monoisotopic (exact) mass is 686 g/mol. The second kappa shape index (κ2) is 13.9. The zero-order valence-electron chi connectivity index (χ0n) is 28.5. The standard InChI is InChI=1S/C39H39FN8O3/c1-51-35-7-3-2-6-30(35)32-22-31(27-5-4-14-47(25-27)36(49)11-15-48-16-13-42-44-48)37(40)38-33(32)23-34(43-38)39(50)46-19-17-45(18-20-46)29-9-8-26-10-12-41-24-28(26)21-29/h2-3,5-9,13,16,21-24,43H,4,10-12,14-15,17-20,25H2,1H3. The summed E-state index contributed by atoms with van der Waals surface area (Å²) in [5.41, 5.74) is 6.82. The van der Waals surface area contributed by atoms with Crippen LogP contribution in [-0.2, 0) is 17.8 Å². The Balaban J connectivity index is 1.07. The number of rotatable bonds is 8. The maximum atomic E-state index is 16.7. The number of aryl methyl sites for hydroxylation is 1. The Morgan fingerprint density at radius 3 is 2.65 bits per heavy atom. The number of hydrogen-bond acceptors (Lipinski definition) is 7. The van der Waals surface area contributed by atoms with Gasteiger partial charge in [0.2, 0.25) is 5.91 Å². The molecule has 0 radical (unpaired) electrons. The molecule has 51 heavy (non-hydrogen) atoms. The Bertz CT molecular complexity index is 2160. The van der Waals surface area contributed by atoms with Crippen LogP contribution >= 0.6 is 0 Å². The number of piperazine rings is 1. The van der Waals surface area contributed by atoms with E-state index in [1.165, 1.54) is 5.56 Å². The van der Waals surface area contributed by atoms with Crippen LogP contribution in [0.25, 0.3) is 27.6 Å². The molecular formula is C39H39FN8O3. The van der Waals surface area contributed by atoms with E-state index >= 15 is 4.39 Å². The molecule has 1 saturated heterocycles. The number of nitrogens with one attached hydrogen (secondary N) is 1. The van der Waals surface area contributed by atoms with Gasteiger partial charge < -0.3 is 24.4 Å². The first kappa shape index (κ1) is 32.4. The molecule has 0 aliphatic carbocycles. The zero-order chi connectivity index (χ0) is 34.9. The second-order valence-corrected chi connectivity index (χ2v) is 13.2. The number of fused-ring (bicyclic) bond motifs is 2. The van der Waals surface area contributed by atoms with Crippen LogP contribution in [0.4, 0.5) is 10.1 Å². The molecule has 0 atom stereocenters. The summed E-state index contributed by atoms with van der Waals surface area (Å²) in [7, 11) is 1.61. The number of aromatic amines is 1. The number of anilines is 1. The number of aliphatic imine (C=N–C) groups is 1. The number of nitrogens with zero attached hydrogens (tertiary/aromatic N) is 7. The average Bonchev–Trinajstić information content (AvgIpc) is 3.88. The van der Waals surface area contributed by atoms with Crippen molar-refractivity contribution in [3.05, 3.63) is 101 Å². The first-order valence-electron chi connectivity index (χ1n) is 17.4. The number of para-hydroxylation sites is 1. The highest BCUT2D eigenvalue weighted by atomic mass is 19.1. The number of aromatic nitrogens is 4. The summed E-state index contributed by atoms with van der Waals surface area (Å²) in [4.78, 5) is 40.7. The van der Waals surface area contributed by atoms with Crippen molar-refractivity contribution in [2.45, 2.75) is 25.8 Å². The minimum absolute atomic E-state index is 0.0316. The van der Waals surface area contributed by atoms with Crippen LogP contribution in [0.2, 0.25) is 0 Å². The highest BCUT2D eigenvalue weighted by molar-refractivity contribution is 6.05. The van der Waals surface area contributed by atoms with Crippen LogP contribution in [0.15, 0.2) is 78.1 Å². The van der Waals surface area contributed by atoms with E-state index in [0.717, 1.165) is 40.9 Å². The number of halogens is 1. The fraction of sp³-hybridized carbons (Fsp3) is 0.308. The molecule has 1 fully saturated rings. The molecule has 0 bridgehead atoms. The van der Waals surface area contributed by atoms with Gasteiger partial charge in [-0.1, -0.05) is 35.6 Å². The third-order valence-corrected chi connectivity index (χ3v) is 10.2. The third-order valence-electron chi connectivity index (χ3n) is 10.2. The summed E-state index contributed by atoms with van der Waals surface area (Å²) in [5.74, 6) is -0.0172. The van der Waals surface area contributed by atoms with Gasteiger partial charge in [0.05, 0.1) is 25.4 Å². The van der Waals surface area contributed by atoms with Crippen LogP contribution in [0.5, 0.6) is 5.75 Å². The van der Waals surface area contributed by atoms with Crippen molar-refractivity contribution in [2.24, 2.45) is 4.99 Å². The van der Waals surface area contributed by atoms with Gasteiger partial charge in [-0.15, -0.1) is 5.10 Å².